The predicted molar refractivity (Wildman–Crippen MR) is 59.1 cm³/mol. The molecule has 2 rings (SSSR count). The monoisotopic (exact) mass is 320 g/mol. The highest BCUT2D eigenvalue weighted by molar-refractivity contribution is 7.87. The summed E-state index contributed by atoms with van der Waals surface area (Å²) >= 11 is 0. The lowest BCUT2D eigenvalue weighted by atomic mass is 10.0. The maximum Gasteiger partial charge on any atom is 0.523 e. The first-order chi connectivity index (χ1) is 9.02. The van der Waals surface area contributed by atoms with E-state index in [2.05, 4.69) is 4.18 Å². The molecule has 0 saturated carbocycles. The van der Waals surface area contributed by atoms with Gasteiger partial charge < -0.3 is 14.2 Å². The van der Waals surface area contributed by atoms with Crippen molar-refractivity contribution >= 4 is 10.1 Å². The summed E-state index contributed by atoms with van der Waals surface area (Å²) < 4.78 is 78.5. The van der Waals surface area contributed by atoms with Crippen LogP contribution >= 0.6 is 0 Å². The lowest BCUT2D eigenvalue weighted by molar-refractivity contribution is -0.156. The van der Waals surface area contributed by atoms with E-state index in [9.17, 15) is 21.6 Å². The van der Waals surface area contributed by atoms with Gasteiger partial charge in [0.25, 0.3) is 0 Å². The highest BCUT2D eigenvalue weighted by atomic mass is 32.2. The summed E-state index contributed by atoms with van der Waals surface area (Å²) in [6.45, 7) is 2.80. The van der Waals surface area contributed by atoms with E-state index in [0.717, 1.165) is 0 Å². The number of ether oxygens (including phenoxy) is 3. The number of hydrogen-bond acceptors (Lipinski definition) is 6. The maximum atomic E-state index is 12.2. The van der Waals surface area contributed by atoms with Crippen LogP contribution in [0.2, 0.25) is 0 Å². The fourth-order valence-corrected chi connectivity index (χ4v) is 2.65. The summed E-state index contributed by atoms with van der Waals surface area (Å²) in [6.07, 6.45) is -1.40. The molecule has 0 aromatic rings. The SMILES string of the molecule is CC1(C)OC2CCOC(COS(=O)(=O)C(F)(F)F)C2O1. The summed E-state index contributed by atoms with van der Waals surface area (Å²) in [4.78, 5) is 0. The molecular weight excluding hydrogens is 305 g/mol. The standard InChI is InChI=1S/C10H15F3O6S/c1-9(2)18-6-3-4-16-7(8(6)19-9)5-17-20(14,15)10(11,12)13/h6-8H,3-5H2,1-2H3. The Morgan fingerprint density at radius 2 is 1.95 bits per heavy atom. The molecule has 2 saturated heterocycles. The van der Waals surface area contributed by atoms with E-state index in [0.29, 0.717) is 6.42 Å². The fourth-order valence-electron chi connectivity index (χ4n) is 2.20. The molecular formula is C10H15F3O6S. The van der Waals surface area contributed by atoms with Crippen molar-refractivity contribution in [1.29, 1.82) is 0 Å². The topological polar surface area (TPSA) is 71.1 Å². The minimum absolute atomic E-state index is 0.237. The van der Waals surface area contributed by atoms with Gasteiger partial charge in [-0.1, -0.05) is 0 Å². The van der Waals surface area contributed by atoms with Crippen LogP contribution in [0, 0.1) is 0 Å². The Balaban J connectivity index is 2.00. The molecule has 0 aromatic carbocycles. The Morgan fingerprint density at radius 3 is 2.55 bits per heavy atom. The summed E-state index contributed by atoms with van der Waals surface area (Å²) in [7, 11) is -5.63. The molecule has 0 aliphatic carbocycles. The molecule has 0 N–H and O–H groups in total. The van der Waals surface area contributed by atoms with Gasteiger partial charge in [0.05, 0.1) is 12.7 Å². The largest absolute Gasteiger partial charge is 0.523 e. The third kappa shape index (κ3) is 3.25. The number of alkyl halides is 3. The lowest BCUT2D eigenvalue weighted by Crippen LogP contribution is -2.46. The first kappa shape index (κ1) is 16.0. The Kier molecular flexibility index (Phi) is 4.06. The third-order valence-corrected chi connectivity index (χ3v) is 4.01. The normalized spacial score (nSPS) is 34.0. The average molecular weight is 320 g/mol. The van der Waals surface area contributed by atoms with Crippen LogP contribution in [0.4, 0.5) is 13.2 Å². The number of halogens is 3. The van der Waals surface area contributed by atoms with Gasteiger partial charge in [0, 0.05) is 6.61 Å². The number of hydrogen-bond donors (Lipinski definition) is 0. The second kappa shape index (κ2) is 5.09. The van der Waals surface area contributed by atoms with Gasteiger partial charge in [0.15, 0.2) is 5.79 Å². The average Bonchev–Trinajstić information content (AvgIpc) is 2.59. The summed E-state index contributed by atoms with van der Waals surface area (Å²) in [5, 5.41) is 0. The van der Waals surface area contributed by atoms with Crippen molar-refractivity contribution in [2.45, 2.75) is 49.9 Å². The summed E-state index contributed by atoms with van der Waals surface area (Å²) in [5.41, 5.74) is -5.45. The van der Waals surface area contributed by atoms with E-state index < -0.39 is 40.2 Å². The van der Waals surface area contributed by atoms with Crippen LogP contribution in [0.25, 0.3) is 0 Å². The van der Waals surface area contributed by atoms with Gasteiger partial charge in [-0.15, -0.1) is 0 Å². The molecule has 20 heavy (non-hydrogen) atoms. The molecule has 2 heterocycles. The van der Waals surface area contributed by atoms with Crippen LogP contribution in [-0.4, -0.2) is 51.2 Å². The predicted octanol–water partition coefficient (Wildman–Crippen LogP) is 1.16. The van der Waals surface area contributed by atoms with Gasteiger partial charge in [-0.25, -0.2) is 0 Å². The Morgan fingerprint density at radius 1 is 1.30 bits per heavy atom. The van der Waals surface area contributed by atoms with Crippen LogP contribution in [-0.2, 0) is 28.5 Å². The van der Waals surface area contributed by atoms with E-state index in [4.69, 9.17) is 14.2 Å². The maximum absolute atomic E-state index is 12.2. The first-order valence-corrected chi connectivity index (χ1v) is 7.36. The van der Waals surface area contributed by atoms with Crippen LogP contribution in [0.1, 0.15) is 20.3 Å². The quantitative estimate of drug-likeness (QED) is 0.574. The molecule has 2 aliphatic heterocycles. The van der Waals surface area contributed by atoms with Gasteiger partial charge in [-0.05, 0) is 20.3 Å². The molecule has 3 unspecified atom stereocenters. The molecule has 10 heteroatoms. The van der Waals surface area contributed by atoms with E-state index in [1.54, 1.807) is 13.8 Å². The van der Waals surface area contributed by atoms with Crippen LogP contribution < -0.4 is 0 Å². The first-order valence-electron chi connectivity index (χ1n) is 5.95. The van der Waals surface area contributed by atoms with Gasteiger partial charge in [-0.2, -0.15) is 21.6 Å². The summed E-state index contributed by atoms with van der Waals surface area (Å²) in [6, 6.07) is 0. The molecule has 0 spiro atoms. The molecule has 2 aliphatic rings. The molecule has 0 bridgehead atoms. The van der Waals surface area contributed by atoms with Crippen LogP contribution in [0.3, 0.4) is 0 Å². The Hall–Kier alpha value is -0.420. The van der Waals surface area contributed by atoms with Gasteiger partial charge in [-0.3, -0.25) is 4.18 Å². The van der Waals surface area contributed by atoms with Crippen molar-refractivity contribution < 1.29 is 40.0 Å². The molecule has 0 amide bonds. The van der Waals surface area contributed by atoms with Crippen molar-refractivity contribution in [1.82, 2.24) is 0 Å². The molecule has 0 aromatic heterocycles. The Bertz CT molecular complexity index is 460. The van der Waals surface area contributed by atoms with Crippen molar-refractivity contribution in [3.05, 3.63) is 0 Å². The van der Waals surface area contributed by atoms with Gasteiger partial charge >= 0.3 is 15.6 Å². The van der Waals surface area contributed by atoms with Crippen molar-refractivity contribution in [2.75, 3.05) is 13.2 Å². The lowest BCUT2D eigenvalue weighted by Gasteiger charge is -2.31. The van der Waals surface area contributed by atoms with Crippen molar-refractivity contribution in [3.8, 4) is 0 Å². The zero-order valence-electron chi connectivity index (χ0n) is 10.8. The summed E-state index contributed by atoms with van der Waals surface area (Å²) in [5.74, 6) is -0.885. The molecule has 6 nitrogen and oxygen atoms in total. The second-order valence-corrected chi connectivity index (χ2v) is 6.63. The zero-order valence-corrected chi connectivity index (χ0v) is 11.7. The van der Waals surface area contributed by atoms with Gasteiger partial charge in [0.1, 0.15) is 12.2 Å². The van der Waals surface area contributed by atoms with E-state index in [1.165, 1.54) is 0 Å². The molecule has 3 atom stereocenters. The minimum Gasteiger partial charge on any atom is -0.373 e. The van der Waals surface area contributed by atoms with Crippen LogP contribution in [0.15, 0.2) is 0 Å². The smallest absolute Gasteiger partial charge is 0.373 e. The third-order valence-electron chi connectivity index (χ3n) is 2.99. The second-order valence-electron chi connectivity index (χ2n) is 5.02. The molecule has 0 radical (unpaired) electrons. The zero-order chi connectivity index (χ0) is 15.2. The highest BCUT2D eigenvalue weighted by Crippen LogP contribution is 2.35. The van der Waals surface area contributed by atoms with Gasteiger partial charge in [0.2, 0.25) is 0 Å². The number of rotatable bonds is 3. The fraction of sp³-hybridized carbons (Fsp3) is 1.00. The van der Waals surface area contributed by atoms with Crippen molar-refractivity contribution in [3.63, 3.8) is 0 Å². The molecule has 118 valence electrons. The Labute approximate surface area is 114 Å². The van der Waals surface area contributed by atoms with Crippen molar-refractivity contribution in [2.24, 2.45) is 0 Å². The van der Waals surface area contributed by atoms with Crippen LogP contribution in [0.5, 0.6) is 0 Å². The number of fused-ring (bicyclic) bond motifs is 1. The van der Waals surface area contributed by atoms with E-state index in [-0.39, 0.29) is 12.7 Å². The highest BCUT2D eigenvalue weighted by Gasteiger charge is 2.51. The van der Waals surface area contributed by atoms with E-state index in [1.807, 2.05) is 0 Å². The molecule has 2 fully saturated rings. The van der Waals surface area contributed by atoms with E-state index >= 15 is 0 Å². The minimum atomic E-state index is -5.63.